The third-order valence-electron chi connectivity index (χ3n) is 8.89. The predicted molar refractivity (Wildman–Crippen MR) is 175 cm³/mol. The van der Waals surface area contributed by atoms with Crippen molar-refractivity contribution in [2.24, 2.45) is 0 Å². The number of carbonyl (C=O) groups excluding carboxylic acids is 1. The van der Waals surface area contributed by atoms with Crippen LogP contribution in [0.1, 0.15) is 65.8 Å². The smallest absolute Gasteiger partial charge is 0.410 e. The zero-order valence-electron chi connectivity index (χ0n) is 27.8. The number of ether oxygens (including phenoxy) is 3. The van der Waals surface area contributed by atoms with Crippen LogP contribution in [0.4, 0.5) is 23.8 Å². The number of aromatic nitrogens is 2. The molecule has 11 heteroatoms. The van der Waals surface area contributed by atoms with Crippen LogP contribution in [0.2, 0.25) is 0 Å². The second-order valence-electron chi connectivity index (χ2n) is 13.1. The van der Waals surface area contributed by atoms with Gasteiger partial charge in [0.1, 0.15) is 40.1 Å². The van der Waals surface area contributed by atoms with Gasteiger partial charge in [-0.1, -0.05) is 19.9 Å². The van der Waals surface area contributed by atoms with E-state index in [-0.39, 0.29) is 47.0 Å². The summed E-state index contributed by atoms with van der Waals surface area (Å²) in [5.74, 6) is -0.966. The average molecular weight is 651 g/mol. The highest BCUT2D eigenvalue weighted by Crippen LogP contribution is 2.42. The molecule has 2 bridgehead atoms. The molecular formula is C36H41F3N4O4. The Labute approximate surface area is 272 Å². The summed E-state index contributed by atoms with van der Waals surface area (Å²) in [6, 6.07) is 7.21. The first-order valence-corrected chi connectivity index (χ1v) is 16.3. The Balaban J connectivity index is 1.48. The van der Waals surface area contributed by atoms with Crippen LogP contribution in [-0.4, -0.2) is 65.1 Å². The first-order valence-electron chi connectivity index (χ1n) is 16.3. The molecule has 3 heterocycles. The van der Waals surface area contributed by atoms with E-state index in [2.05, 4.69) is 4.98 Å². The summed E-state index contributed by atoms with van der Waals surface area (Å²) in [7, 11) is 0. The maximum absolute atomic E-state index is 16.9. The lowest BCUT2D eigenvalue weighted by Gasteiger charge is -2.42. The van der Waals surface area contributed by atoms with E-state index in [4.69, 9.17) is 19.2 Å². The van der Waals surface area contributed by atoms with Crippen LogP contribution < -0.4 is 9.64 Å². The number of piperazine rings is 1. The van der Waals surface area contributed by atoms with Crippen molar-refractivity contribution in [3.63, 3.8) is 0 Å². The van der Waals surface area contributed by atoms with Crippen LogP contribution in [0.25, 0.3) is 32.8 Å². The quantitative estimate of drug-likeness (QED) is 0.142. The molecule has 47 heavy (non-hydrogen) atoms. The van der Waals surface area contributed by atoms with Crippen LogP contribution in [0.15, 0.2) is 30.3 Å². The molecule has 2 fully saturated rings. The van der Waals surface area contributed by atoms with Crippen molar-refractivity contribution in [3.05, 3.63) is 59.2 Å². The van der Waals surface area contributed by atoms with E-state index in [1.165, 1.54) is 18.2 Å². The molecule has 2 saturated heterocycles. The summed E-state index contributed by atoms with van der Waals surface area (Å²) in [5, 5.41) is 1.23. The number of anilines is 1. The number of amides is 1. The average Bonchev–Trinajstić information content (AvgIpc) is 3.29. The minimum absolute atomic E-state index is 0.0200. The molecule has 0 N–H and O–H groups in total. The molecule has 2 atom stereocenters. The number of benzene rings is 3. The van der Waals surface area contributed by atoms with Crippen molar-refractivity contribution in [3.8, 4) is 16.9 Å². The Morgan fingerprint density at radius 1 is 0.957 bits per heavy atom. The lowest BCUT2D eigenvalue weighted by Crippen LogP contribution is -2.57. The van der Waals surface area contributed by atoms with E-state index in [9.17, 15) is 4.79 Å². The molecule has 1 aromatic heterocycles. The maximum atomic E-state index is 16.9. The normalized spacial score (nSPS) is 18.0. The Morgan fingerprint density at radius 2 is 1.68 bits per heavy atom. The molecule has 2 unspecified atom stereocenters. The van der Waals surface area contributed by atoms with Gasteiger partial charge in [-0.3, -0.25) is 4.90 Å². The van der Waals surface area contributed by atoms with Gasteiger partial charge in [0, 0.05) is 31.5 Å². The molecule has 3 aromatic carbocycles. The summed E-state index contributed by atoms with van der Waals surface area (Å²) in [6.07, 6.45) is 1.98. The van der Waals surface area contributed by atoms with E-state index < -0.39 is 23.1 Å². The molecule has 0 spiro atoms. The number of hydrogen-bond acceptors (Lipinski definition) is 7. The highest BCUT2D eigenvalue weighted by molar-refractivity contribution is 6.03. The molecule has 0 aliphatic carbocycles. The van der Waals surface area contributed by atoms with Crippen LogP contribution in [0.3, 0.4) is 0 Å². The van der Waals surface area contributed by atoms with Crippen molar-refractivity contribution in [2.75, 3.05) is 31.4 Å². The van der Waals surface area contributed by atoms with E-state index in [0.717, 1.165) is 12.8 Å². The van der Waals surface area contributed by atoms with Crippen LogP contribution in [0.5, 0.6) is 5.75 Å². The van der Waals surface area contributed by atoms with Crippen molar-refractivity contribution in [1.82, 2.24) is 14.9 Å². The maximum Gasteiger partial charge on any atom is 0.410 e. The number of carbonyl (C=O) groups is 1. The third kappa shape index (κ3) is 6.17. The zero-order valence-corrected chi connectivity index (χ0v) is 27.8. The summed E-state index contributed by atoms with van der Waals surface area (Å²) in [6.45, 7) is 12.3. The van der Waals surface area contributed by atoms with E-state index in [1.54, 1.807) is 24.0 Å². The summed E-state index contributed by atoms with van der Waals surface area (Å²) in [5.41, 5.74) is -0.434. The Hall–Kier alpha value is -4.12. The Bertz CT molecular complexity index is 1830. The zero-order chi connectivity index (χ0) is 33.6. The number of aryl methyl sites for hydroxylation is 2. The van der Waals surface area contributed by atoms with Gasteiger partial charge in [0.05, 0.1) is 17.6 Å². The minimum atomic E-state index is -0.858. The first-order chi connectivity index (χ1) is 22.4. The van der Waals surface area contributed by atoms with Gasteiger partial charge in [0.2, 0.25) is 0 Å². The summed E-state index contributed by atoms with van der Waals surface area (Å²) >= 11 is 0. The fourth-order valence-electron chi connectivity index (χ4n) is 6.87. The van der Waals surface area contributed by atoms with Crippen LogP contribution in [0, 0.1) is 17.5 Å². The van der Waals surface area contributed by atoms with E-state index in [0.29, 0.717) is 66.3 Å². The van der Waals surface area contributed by atoms with Crippen LogP contribution in [-0.2, 0) is 22.3 Å². The molecule has 2 aliphatic rings. The molecule has 6 rings (SSSR count). The second kappa shape index (κ2) is 12.8. The van der Waals surface area contributed by atoms with Crippen molar-refractivity contribution >= 4 is 33.6 Å². The van der Waals surface area contributed by atoms with Gasteiger partial charge < -0.3 is 19.1 Å². The van der Waals surface area contributed by atoms with Gasteiger partial charge in [-0.2, -0.15) is 0 Å². The fourth-order valence-corrected chi connectivity index (χ4v) is 6.87. The molecule has 4 aromatic rings. The lowest BCUT2D eigenvalue weighted by atomic mass is 9.91. The standard InChI is InChI=1S/C36H41F3N4O4/c1-7-24-27(37)13-10-20-14-23(46-19-45-9-3)15-25(30(20)24)31-28(38)16-26-33(32(31)39)40-29(8-2)41-34(26)42-17-21-11-12-22(18-42)43(21)35(44)47-36(4,5)6/h10,13-16,21-22H,7-9,11-12,17-19H2,1-6H3. The number of hydrogen-bond donors (Lipinski definition) is 0. The second-order valence-corrected chi connectivity index (χ2v) is 13.1. The van der Waals surface area contributed by atoms with Crippen molar-refractivity contribution < 1.29 is 32.2 Å². The molecule has 250 valence electrons. The van der Waals surface area contributed by atoms with Gasteiger partial charge >= 0.3 is 6.09 Å². The monoisotopic (exact) mass is 650 g/mol. The Morgan fingerprint density at radius 3 is 2.32 bits per heavy atom. The first kappa shape index (κ1) is 32.8. The molecule has 2 aliphatic heterocycles. The van der Waals surface area contributed by atoms with Crippen LogP contribution >= 0.6 is 0 Å². The van der Waals surface area contributed by atoms with Crippen molar-refractivity contribution in [1.29, 1.82) is 0 Å². The number of fused-ring (bicyclic) bond motifs is 4. The fraction of sp³-hybridized carbons (Fsp3) is 0.472. The van der Waals surface area contributed by atoms with E-state index >= 15 is 13.2 Å². The highest BCUT2D eigenvalue weighted by atomic mass is 19.1. The largest absolute Gasteiger partial charge is 0.468 e. The van der Waals surface area contributed by atoms with Gasteiger partial charge in [0.15, 0.2) is 12.6 Å². The number of nitrogens with zero attached hydrogens (tertiary/aromatic N) is 4. The third-order valence-corrected chi connectivity index (χ3v) is 8.89. The van der Waals surface area contributed by atoms with E-state index in [1.807, 2.05) is 39.5 Å². The molecule has 0 radical (unpaired) electrons. The molecule has 1 amide bonds. The topological polar surface area (TPSA) is 77.0 Å². The SMILES string of the molecule is CCOCOc1cc(-c2c(F)cc3c(N4CC5CCC(C4)N5C(=O)OC(C)(C)C)nc(CC)nc3c2F)c2c(CC)c(F)ccc2c1. The minimum Gasteiger partial charge on any atom is -0.468 e. The summed E-state index contributed by atoms with van der Waals surface area (Å²) in [4.78, 5) is 26.2. The molecular weight excluding hydrogens is 609 g/mol. The predicted octanol–water partition coefficient (Wildman–Crippen LogP) is 7.95. The van der Waals surface area contributed by atoms with Crippen molar-refractivity contribution in [2.45, 2.75) is 84.9 Å². The molecule has 0 saturated carbocycles. The number of rotatable bonds is 8. The van der Waals surface area contributed by atoms with Gasteiger partial charge in [-0.15, -0.1) is 0 Å². The van der Waals surface area contributed by atoms with Gasteiger partial charge in [0.25, 0.3) is 0 Å². The number of halogens is 3. The Kier molecular flexibility index (Phi) is 8.95. The lowest BCUT2D eigenvalue weighted by molar-refractivity contribution is 0.0122. The summed E-state index contributed by atoms with van der Waals surface area (Å²) < 4.78 is 65.2. The highest BCUT2D eigenvalue weighted by Gasteiger charge is 2.45. The molecule has 8 nitrogen and oxygen atoms in total. The van der Waals surface area contributed by atoms with Gasteiger partial charge in [-0.05, 0) is 93.1 Å². The van der Waals surface area contributed by atoms with Gasteiger partial charge in [-0.25, -0.2) is 27.9 Å².